The highest BCUT2D eigenvalue weighted by Crippen LogP contribution is 2.23. The van der Waals surface area contributed by atoms with Gasteiger partial charge in [-0.1, -0.05) is 6.07 Å². The van der Waals surface area contributed by atoms with Gasteiger partial charge in [0.15, 0.2) is 7.85 Å². The second kappa shape index (κ2) is 13.7. The number of benzene rings is 2. The van der Waals surface area contributed by atoms with Gasteiger partial charge in [-0.25, -0.2) is 31.5 Å². The SMILES string of the molecule is [B]C(=O)[C@H](Cc1ccc(-n2c(=O)ccn(C)c2=O)nc1)NC(=O)c1cc(F)c(NS(=O)(=O)c2ccc(C(=O)NC(C)(C)C)cc2)cc1F. The van der Waals surface area contributed by atoms with Gasteiger partial charge in [-0.3, -0.25) is 19.1 Å². The van der Waals surface area contributed by atoms with Gasteiger partial charge < -0.3 is 20.0 Å². The quantitative estimate of drug-likeness (QED) is 0.212. The Morgan fingerprint density at radius 3 is 2.21 bits per heavy atom. The Labute approximate surface area is 274 Å². The Morgan fingerprint density at radius 1 is 0.958 bits per heavy atom. The number of sulfonamides is 1. The molecule has 0 saturated heterocycles. The van der Waals surface area contributed by atoms with Gasteiger partial charge in [0.1, 0.15) is 17.5 Å². The standard InChI is InChI=1S/C31H29BF2N6O7S/c1-31(2,3)37-28(43)18-6-8-19(9-7-18)48(46,47)38-23-15-21(33)20(14-22(23)34)29(44)36-24(27(32)42)13-17-5-10-25(35-16-17)40-26(41)11-12-39(4)30(40)45/h5-12,14-16,24,38H,13H2,1-4H3,(H,36,44)(H,37,43)/t24-/m0/s1. The van der Waals surface area contributed by atoms with Crippen molar-refractivity contribution in [1.82, 2.24) is 24.8 Å². The molecule has 17 heteroatoms. The molecule has 2 radical (unpaired) electrons. The Bertz CT molecular complexity index is 2130. The van der Waals surface area contributed by atoms with Crippen LogP contribution in [0.15, 0.2) is 81.5 Å². The highest BCUT2D eigenvalue weighted by molar-refractivity contribution is 7.92. The summed E-state index contributed by atoms with van der Waals surface area (Å²) in [6, 6.07) is 8.18. The lowest BCUT2D eigenvalue weighted by atomic mass is 9.90. The maximum absolute atomic E-state index is 15.0. The number of aromatic nitrogens is 3. The number of carbonyl (C=O) groups excluding carboxylic acids is 3. The number of nitrogens with zero attached hydrogens (tertiary/aromatic N) is 3. The van der Waals surface area contributed by atoms with Crippen LogP contribution in [0.5, 0.6) is 0 Å². The Kier molecular flexibility index (Phi) is 10.1. The molecule has 0 aliphatic rings. The van der Waals surface area contributed by atoms with Crippen LogP contribution in [0.1, 0.15) is 47.1 Å². The van der Waals surface area contributed by atoms with E-state index in [1.54, 1.807) is 20.8 Å². The van der Waals surface area contributed by atoms with Crippen LogP contribution in [-0.2, 0) is 28.3 Å². The molecule has 4 aromatic rings. The molecule has 0 saturated carbocycles. The van der Waals surface area contributed by atoms with E-state index in [4.69, 9.17) is 7.85 Å². The number of aryl methyl sites for hydroxylation is 1. The van der Waals surface area contributed by atoms with E-state index in [-0.39, 0.29) is 22.7 Å². The minimum absolute atomic E-state index is 0.00150. The molecule has 0 bridgehead atoms. The number of rotatable bonds is 10. The number of amides is 2. The van der Waals surface area contributed by atoms with Gasteiger partial charge >= 0.3 is 5.69 Å². The fraction of sp³-hybridized carbons (Fsp3) is 0.226. The van der Waals surface area contributed by atoms with Crippen molar-refractivity contribution in [2.45, 2.75) is 43.7 Å². The number of hydrogen-bond acceptors (Lipinski definition) is 8. The highest BCUT2D eigenvalue weighted by atomic mass is 32.2. The van der Waals surface area contributed by atoms with E-state index in [9.17, 15) is 36.8 Å². The molecule has 0 spiro atoms. The number of nitrogens with one attached hydrogen (secondary N) is 3. The van der Waals surface area contributed by atoms with Gasteiger partial charge in [-0.05, 0) is 62.7 Å². The van der Waals surface area contributed by atoms with Gasteiger partial charge in [0.25, 0.3) is 27.4 Å². The van der Waals surface area contributed by atoms with E-state index in [0.29, 0.717) is 17.7 Å². The molecule has 2 amide bonds. The molecular formula is C31H29BF2N6O7S. The van der Waals surface area contributed by atoms with Crippen LogP contribution in [0, 0.1) is 11.6 Å². The zero-order valence-corrected chi connectivity index (χ0v) is 26.9. The predicted octanol–water partition coefficient (Wildman–Crippen LogP) is 1.57. The van der Waals surface area contributed by atoms with Crippen molar-refractivity contribution >= 4 is 41.1 Å². The third-order valence-corrected chi connectivity index (χ3v) is 8.12. The monoisotopic (exact) mass is 678 g/mol. The first kappa shape index (κ1) is 35.4. The summed E-state index contributed by atoms with van der Waals surface area (Å²) in [6.07, 6.45) is 2.30. The summed E-state index contributed by atoms with van der Waals surface area (Å²) >= 11 is 0. The van der Waals surface area contributed by atoms with Crippen molar-refractivity contribution in [3.05, 3.63) is 116 Å². The van der Waals surface area contributed by atoms with Crippen molar-refractivity contribution in [2.75, 3.05) is 4.72 Å². The maximum Gasteiger partial charge on any atom is 0.336 e. The van der Waals surface area contributed by atoms with E-state index in [1.165, 1.54) is 54.3 Å². The summed E-state index contributed by atoms with van der Waals surface area (Å²) in [5.41, 5.74) is -3.95. The molecular weight excluding hydrogens is 649 g/mol. The first-order chi connectivity index (χ1) is 22.4. The van der Waals surface area contributed by atoms with Crippen LogP contribution in [0.25, 0.3) is 5.82 Å². The molecule has 3 N–H and O–H groups in total. The molecule has 4 rings (SSSR count). The van der Waals surface area contributed by atoms with E-state index in [0.717, 1.165) is 16.7 Å². The third kappa shape index (κ3) is 8.28. The van der Waals surface area contributed by atoms with Gasteiger partial charge in [0, 0.05) is 49.1 Å². The van der Waals surface area contributed by atoms with E-state index in [1.807, 2.05) is 4.72 Å². The summed E-state index contributed by atoms with van der Waals surface area (Å²) in [6.45, 7) is 5.32. The average Bonchev–Trinajstić information content (AvgIpc) is 3.00. The van der Waals surface area contributed by atoms with Crippen molar-refractivity contribution in [1.29, 1.82) is 0 Å². The minimum Gasteiger partial charge on any atom is -0.347 e. The Balaban J connectivity index is 1.48. The lowest BCUT2D eigenvalue weighted by Crippen LogP contribution is -2.43. The summed E-state index contributed by atoms with van der Waals surface area (Å²) in [5, 5.41) is 4.94. The molecule has 2 heterocycles. The predicted molar refractivity (Wildman–Crippen MR) is 172 cm³/mol. The first-order valence-corrected chi connectivity index (χ1v) is 15.6. The van der Waals surface area contributed by atoms with Crippen LogP contribution >= 0.6 is 0 Å². The van der Waals surface area contributed by atoms with Gasteiger partial charge in [0.05, 0.1) is 27.9 Å². The summed E-state index contributed by atoms with van der Waals surface area (Å²) in [4.78, 5) is 65.6. The number of hydrogen-bond donors (Lipinski definition) is 3. The summed E-state index contributed by atoms with van der Waals surface area (Å²) in [7, 11) is 2.43. The van der Waals surface area contributed by atoms with Crippen LogP contribution < -0.4 is 26.6 Å². The zero-order chi connectivity index (χ0) is 35.6. The largest absolute Gasteiger partial charge is 0.347 e. The van der Waals surface area contributed by atoms with Gasteiger partial charge in [-0.2, -0.15) is 0 Å². The van der Waals surface area contributed by atoms with Gasteiger partial charge in [0.2, 0.25) is 0 Å². The minimum atomic E-state index is -4.45. The zero-order valence-electron chi connectivity index (χ0n) is 26.1. The highest BCUT2D eigenvalue weighted by Gasteiger charge is 2.24. The van der Waals surface area contributed by atoms with Gasteiger partial charge in [-0.15, -0.1) is 0 Å². The molecule has 248 valence electrons. The van der Waals surface area contributed by atoms with Crippen molar-refractivity contribution in [2.24, 2.45) is 7.05 Å². The van der Waals surface area contributed by atoms with Crippen molar-refractivity contribution in [3.63, 3.8) is 0 Å². The number of pyridine rings is 1. The molecule has 2 aromatic heterocycles. The number of halogens is 2. The summed E-state index contributed by atoms with van der Waals surface area (Å²) in [5.74, 6) is -4.28. The van der Waals surface area contributed by atoms with Crippen LogP contribution in [0.3, 0.4) is 0 Å². The molecule has 2 aromatic carbocycles. The molecule has 1 atom stereocenters. The fourth-order valence-corrected chi connectivity index (χ4v) is 5.40. The Hall–Kier alpha value is -5.45. The fourth-order valence-electron chi connectivity index (χ4n) is 4.34. The topological polar surface area (TPSA) is 178 Å². The normalized spacial score (nSPS) is 12.2. The Morgan fingerprint density at radius 2 is 1.62 bits per heavy atom. The second-order valence-corrected chi connectivity index (χ2v) is 13.4. The number of carbonyl (C=O) groups is 3. The van der Waals surface area contributed by atoms with Crippen molar-refractivity contribution in [3.8, 4) is 5.82 Å². The smallest absolute Gasteiger partial charge is 0.336 e. The second-order valence-electron chi connectivity index (χ2n) is 11.7. The average molecular weight is 678 g/mol. The van der Waals surface area contributed by atoms with Crippen LogP contribution in [0.2, 0.25) is 0 Å². The summed E-state index contributed by atoms with van der Waals surface area (Å²) < 4.78 is 59.7. The van der Waals surface area contributed by atoms with E-state index < -0.39 is 73.2 Å². The molecule has 0 aliphatic heterocycles. The molecule has 13 nitrogen and oxygen atoms in total. The lowest BCUT2D eigenvalue weighted by molar-refractivity contribution is -0.113. The molecule has 0 fully saturated rings. The third-order valence-electron chi connectivity index (χ3n) is 6.74. The number of anilines is 1. The maximum atomic E-state index is 15.0. The van der Waals surface area contributed by atoms with E-state index in [2.05, 4.69) is 15.6 Å². The van der Waals surface area contributed by atoms with Crippen LogP contribution in [-0.4, -0.2) is 59.5 Å². The molecule has 0 aliphatic carbocycles. The van der Waals surface area contributed by atoms with E-state index >= 15 is 4.39 Å². The van der Waals surface area contributed by atoms with Crippen molar-refractivity contribution < 1.29 is 31.6 Å². The first-order valence-electron chi connectivity index (χ1n) is 14.1. The lowest BCUT2D eigenvalue weighted by Gasteiger charge is -2.20. The van der Waals surface area contributed by atoms with Crippen LogP contribution in [0.4, 0.5) is 14.5 Å². The molecule has 0 unspecified atom stereocenters. The molecule has 48 heavy (non-hydrogen) atoms.